The highest BCUT2D eigenvalue weighted by atomic mass is 19.3. The Balaban J connectivity index is 1.48. The van der Waals surface area contributed by atoms with Gasteiger partial charge in [0.05, 0.1) is 28.7 Å². The number of hydrogen-bond donors (Lipinski definition) is 1. The summed E-state index contributed by atoms with van der Waals surface area (Å²) in [7, 11) is 0. The lowest BCUT2D eigenvalue weighted by Crippen LogP contribution is -2.25. The predicted molar refractivity (Wildman–Crippen MR) is 130 cm³/mol. The number of carbonyl (C=O) groups is 1. The van der Waals surface area contributed by atoms with Gasteiger partial charge in [0, 0.05) is 48.9 Å². The van der Waals surface area contributed by atoms with Crippen molar-refractivity contribution in [2.24, 2.45) is 0 Å². The van der Waals surface area contributed by atoms with E-state index in [1.807, 2.05) is 0 Å². The molecule has 194 valence electrons. The molecule has 0 radical (unpaired) electrons. The minimum atomic E-state index is -2.75. The van der Waals surface area contributed by atoms with Crippen molar-refractivity contribution in [2.75, 3.05) is 11.9 Å². The lowest BCUT2D eigenvalue weighted by Gasteiger charge is -2.29. The molecule has 1 saturated heterocycles. The Morgan fingerprint density at radius 3 is 2.49 bits per heavy atom. The number of anilines is 1. The second kappa shape index (κ2) is 10.6. The van der Waals surface area contributed by atoms with Crippen LogP contribution in [-0.4, -0.2) is 28.4 Å². The molecule has 2 aliphatic rings. The lowest BCUT2D eigenvalue weighted by molar-refractivity contribution is -0.0384. The summed E-state index contributed by atoms with van der Waals surface area (Å²) in [4.78, 5) is 22.1. The van der Waals surface area contributed by atoms with Gasteiger partial charge in [-0.15, -0.1) is 0 Å². The minimum Gasteiger partial charge on any atom is -0.372 e. The molecule has 1 saturated carbocycles. The number of rotatable bonds is 5. The monoisotopic (exact) mass is 513 g/mol. The zero-order valence-corrected chi connectivity index (χ0v) is 20.2. The van der Waals surface area contributed by atoms with Gasteiger partial charge in [-0.2, -0.15) is 0 Å². The maximum Gasteiger partial charge on any atom is 0.257 e. The van der Waals surface area contributed by atoms with Gasteiger partial charge >= 0.3 is 0 Å². The van der Waals surface area contributed by atoms with Crippen LogP contribution in [0.4, 0.5) is 23.2 Å². The molecular weight excluding hydrogens is 486 g/mol. The number of carbonyl (C=O) groups excluding carboxylic acids is 1. The molecule has 1 atom stereocenters. The van der Waals surface area contributed by atoms with E-state index in [4.69, 9.17) is 4.74 Å². The van der Waals surface area contributed by atoms with Gasteiger partial charge in [-0.25, -0.2) is 17.6 Å². The van der Waals surface area contributed by atoms with Gasteiger partial charge in [0.15, 0.2) is 0 Å². The van der Waals surface area contributed by atoms with Crippen LogP contribution >= 0.6 is 0 Å². The Bertz CT molecular complexity index is 1270. The van der Waals surface area contributed by atoms with Crippen molar-refractivity contribution >= 4 is 11.6 Å². The van der Waals surface area contributed by atoms with E-state index in [0.717, 1.165) is 43.2 Å². The topological polar surface area (TPSA) is 64.1 Å². The van der Waals surface area contributed by atoms with E-state index >= 15 is 0 Å². The highest BCUT2D eigenvalue weighted by Gasteiger charge is 2.37. The van der Waals surface area contributed by atoms with E-state index in [2.05, 4.69) is 15.3 Å². The van der Waals surface area contributed by atoms with Crippen molar-refractivity contribution in [1.29, 1.82) is 0 Å². The van der Waals surface area contributed by atoms with Crippen molar-refractivity contribution in [3.63, 3.8) is 0 Å². The average Bonchev–Trinajstić information content (AvgIpc) is 2.91. The van der Waals surface area contributed by atoms with Gasteiger partial charge in [0.1, 0.15) is 11.6 Å². The van der Waals surface area contributed by atoms with E-state index < -0.39 is 23.5 Å². The fourth-order valence-corrected chi connectivity index (χ4v) is 5.05. The number of aromatic nitrogens is 2. The predicted octanol–water partition coefficient (Wildman–Crippen LogP) is 7.21. The zero-order valence-electron chi connectivity index (χ0n) is 20.2. The molecule has 1 aromatic carbocycles. The van der Waals surface area contributed by atoms with Crippen LogP contribution in [-0.2, 0) is 4.74 Å². The SMILES string of the molecule is O=C(Nc1c(-c2cc(F)ccc2F)ccnc1C1CCC(F)(F)CC1)c1ccc(C2CCCCO2)nc1. The molecule has 1 N–H and O–H groups in total. The summed E-state index contributed by atoms with van der Waals surface area (Å²) in [6.45, 7) is 0.672. The van der Waals surface area contributed by atoms with Crippen LogP contribution in [0.3, 0.4) is 0 Å². The van der Waals surface area contributed by atoms with Crippen LogP contribution in [0, 0.1) is 11.6 Å². The van der Waals surface area contributed by atoms with Gasteiger partial charge < -0.3 is 10.1 Å². The first kappa shape index (κ1) is 25.3. The van der Waals surface area contributed by atoms with Gasteiger partial charge in [0.2, 0.25) is 5.92 Å². The number of hydrogen-bond acceptors (Lipinski definition) is 4. The molecule has 2 aromatic heterocycles. The Labute approximate surface area is 212 Å². The third-order valence-corrected chi connectivity index (χ3v) is 7.10. The fraction of sp³-hybridized carbons (Fsp3) is 0.393. The molecule has 0 bridgehead atoms. The molecule has 5 rings (SSSR count). The summed E-state index contributed by atoms with van der Waals surface area (Å²) in [5.41, 5.74) is 1.74. The Hall–Kier alpha value is -3.33. The van der Waals surface area contributed by atoms with Crippen molar-refractivity contribution in [2.45, 2.75) is 62.9 Å². The molecule has 3 heterocycles. The summed E-state index contributed by atoms with van der Waals surface area (Å²) in [6.07, 6.45) is 5.40. The van der Waals surface area contributed by atoms with Crippen molar-refractivity contribution < 1.29 is 27.1 Å². The molecular formula is C28H27F4N3O2. The number of amides is 1. The van der Waals surface area contributed by atoms with E-state index in [1.54, 1.807) is 12.1 Å². The number of halogens is 4. The first-order chi connectivity index (χ1) is 17.8. The molecule has 3 aromatic rings. The number of ether oxygens (including phenoxy) is 1. The van der Waals surface area contributed by atoms with Gasteiger partial charge in [-0.3, -0.25) is 14.8 Å². The number of alkyl halides is 2. The highest BCUT2D eigenvalue weighted by molar-refractivity contribution is 6.06. The molecule has 37 heavy (non-hydrogen) atoms. The third kappa shape index (κ3) is 5.66. The molecule has 1 aliphatic heterocycles. The average molecular weight is 514 g/mol. The van der Waals surface area contributed by atoms with Crippen LogP contribution in [0.25, 0.3) is 11.1 Å². The van der Waals surface area contributed by atoms with E-state index in [-0.39, 0.29) is 60.1 Å². The smallest absolute Gasteiger partial charge is 0.257 e. The Morgan fingerprint density at radius 1 is 0.973 bits per heavy atom. The molecule has 0 spiro atoms. The Kier molecular flexibility index (Phi) is 7.24. The maximum atomic E-state index is 14.8. The first-order valence-electron chi connectivity index (χ1n) is 12.5. The third-order valence-electron chi connectivity index (χ3n) is 7.10. The Morgan fingerprint density at radius 2 is 1.78 bits per heavy atom. The molecule has 1 unspecified atom stereocenters. The number of benzene rings is 1. The molecule has 1 amide bonds. The van der Waals surface area contributed by atoms with Gasteiger partial charge in [-0.05, 0) is 68.5 Å². The molecule has 5 nitrogen and oxygen atoms in total. The molecule has 1 aliphatic carbocycles. The van der Waals surface area contributed by atoms with Crippen LogP contribution in [0.5, 0.6) is 0 Å². The summed E-state index contributed by atoms with van der Waals surface area (Å²) in [5, 5.41) is 2.81. The summed E-state index contributed by atoms with van der Waals surface area (Å²) >= 11 is 0. The van der Waals surface area contributed by atoms with E-state index in [1.165, 1.54) is 18.5 Å². The second-order valence-electron chi connectivity index (χ2n) is 9.65. The van der Waals surface area contributed by atoms with Crippen LogP contribution < -0.4 is 5.32 Å². The number of pyridine rings is 2. The van der Waals surface area contributed by atoms with Crippen LogP contribution in [0.15, 0.2) is 48.8 Å². The summed E-state index contributed by atoms with van der Waals surface area (Å²) in [5.74, 6) is -4.95. The fourth-order valence-electron chi connectivity index (χ4n) is 5.05. The van der Waals surface area contributed by atoms with Gasteiger partial charge in [0.25, 0.3) is 5.91 Å². The normalized spacial score (nSPS) is 19.9. The number of nitrogens with one attached hydrogen (secondary N) is 1. The van der Waals surface area contributed by atoms with Gasteiger partial charge in [-0.1, -0.05) is 0 Å². The van der Waals surface area contributed by atoms with Crippen molar-refractivity contribution in [3.05, 3.63) is 77.4 Å². The molecule has 9 heteroatoms. The highest BCUT2D eigenvalue weighted by Crippen LogP contribution is 2.44. The summed E-state index contributed by atoms with van der Waals surface area (Å²) in [6, 6.07) is 7.91. The minimum absolute atomic E-state index is 0.0528. The quantitative estimate of drug-likeness (QED) is 0.366. The van der Waals surface area contributed by atoms with Crippen molar-refractivity contribution in [1.82, 2.24) is 9.97 Å². The lowest BCUT2D eigenvalue weighted by atomic mass is 9.83. The second-order valence-corrected chi connectivity index (χ2v) is 9.65. The van der Waals surface area contributed by atoms with Crippen LogP contribution in [0.2, 0.25) is 0 Å². The number of nitrogens with zero attached hydrogens (tertiary/aromatic N) is 2. The molecule has 2 fully saturated rings. The standard InChI is InChI=1S/C28H27F4N3O2/c29-19-5-6-22(30)21(15-19)20-10-13-33-25(17-8-11-28(31,32)12-9-17)26(20)35-27(36)18-4-7-23(34-16-18)24-3-1-2-14-37-24/h4-7,10,13,15-17,24H,1-3,8-9,11-12,14H2,(H,35,36). The van der Waals surface area contributed by atoms with Crippen LogP contribution in [0.1, 0.15) is 78.7 Å². The maximum absolute atomic E-state index is 14.8. The van der Waals surface area contributed by atoms with Crippen molar-refractivity contribution in [3.8, 4) is 11.1 Å². The van der Waals surface area contributed by atoms with E-state index in [0.29, 0.717) is 12.3 Å². The first-order valence-corrected chi connectivity index (χ1v) is 12.5. The largest absolute Gasteiger partial charge is 0.372 e. The van der Waals surface area contributed by atoms with E-state index in [9.17, 15) is 22.4 Å². The summed E-state index contributed by atoms with van der Waals surface area (Å²) < 4.78 is 62.3. The zero-order chi connectivity index (χ0) is 26.0.